The van der Waals surface area contributed by atoms with Gasteiger partial charge in [-0.2, -0.15) is 5.10 Å². The number of aromatic nitrogens is 3. The van der Waals surface area contributed by atoms with Crippen molar-refractivity contribution in [1.82, 2.24) is 20.1 Å². The highest BCUT2D eigenvalue weighted by Crippen LogP contribution is 2.40. The fourth-order valence-corrected chi connectivity index (χ4v) is 3.22. The average molecular weight is 346 g/mol. The molecule has 2 aromatic heterocycles. The van der Waals surface area contributed by atoms with Crippen LogP contribution in [-0.4, -0.2) is 20.7 Å². The summed E-state index contributed by atoms with van der Waals surface area (Å²) >= 11 is 0. The van der Waals surface area contributed by atoms with Gasteiger partial charge in [0.1, 0.15) is 0 Å². The van der Waals surface area contributed by atoms with Crippen molar-refractivity contribution >= 4 is 5.91 Å². The molecule has 0 aliphatic heterocycles. The Balaban J connectivity index is 1.51. The molecule has 1 aliphatic carbocycles. The number of benzene rings is 1. The largest absolute Gasteiger partial charge is 0.343 e. The van der Waals surface area contributed by atoms with Gasteiger partial charge in [-0.25, -0.2) is 0 Å². The second-order valence-electron chi connectivity index (χ2n) is 6.90. The standard InChI is InChI=1S/C21H22N4O/c1-15-5-2-8-19(23-15)20(17-9-10-17)24-21(26)18-7-3-6-16(13-18)14-25-12-4-11-22-25/h2-8,11-13,17,20H,9-10,14H2,1H3,(H,24,26)/t20-/m1/s1. The third-order valence-electron chi connectivity index (χ3n) is 4.70. The molecule has 1 saturated carbocycles. The van der Waals surface area contributed by atoms with Crippen molar-refractivity contribution in [3.8, 4) is 0 Å². The molecule has 0 radical (unpaired) electrons. The van der Waals surface area contributed by atoms with Crippen LogP contribution < -0.4 is 5.32 Å². The van der Waals surface area contributed by atoms with Crippen molar-refractivity contribution in [3.05, 3.63) is 83.4 Å². The van der Waals surface area contributed by atoms with E-state index in [9.17, 15) is 4.79 Å². The van der Waals surface area contributed by atoms with Crippen LogP contribution in [0.15, 0.2) is 60.9 Å². The van der Waals surface area contributed by atoms with Crippen LogP contribution in [0.3, 0.4) is 0 Å². The van der Waals surface area contributed by atoms with E-state index in [0.29, 0.717) is 18.0 Å². The molecule has 1 amide bonds. The van der Waals surface area contributed by atoms with E-state index in [0.717, 1.165) is 29.8 Å². The molecule has 0 saturated heterocycles. The Morgan fingerprint density at radius 3 is 2.81 bits per heavy atom. The maximum atomic E-state index is 12.8. The van der Waals surface area contributed by atoms with Crippen LogP contribution in [0.4, 0.5) is 0 Å². The molecule has 1 fully saturated rings. The number of amides is 1. The lowest BCUT2D eigenvalue weighted by Crippen LogP contribution is -2.30. The van der Waals surface area contributed by atoms with E-state index in [1.807, 2.05) is 66.3 Å². The Morgan fingerprint density at radius 2 is 2.08 bits per heavy atom. The number of nitrogens with one attached hydrogen (secondary N) is 1. The van der Waals surface area contributed by atoms with Gasteiger partial charge in [-0.1, -0.05) is 18.2 Å². The first-order valence-corrected chi connectivity index (χ1v) is 9.00. The number of hydrogen-bond donors (Lipinski definition) is 1. The molecular formula is C21H22N4O. The van der Waals surface area contributed by atoms with E-state index in [4.69, 9.17) is 0 Å². The second kappa shape index (κ2) is 7.12. The van der Waals surface area contributed by atoms with Crippen molar-refractivity contribution in [2.75, 3.05) is 0 Å². The van der Waals surface area contributed by atoms with Crippen molar-refractivity contribution in [3.63, 3.8) is 0 Å². The lowest BCUT2D eigenvalue weighted by atomic mass is 10.1. The van der Waals surface area contributed by atoms with Crippen LogP contribution in [-0.2, 0) is 6.54 Å². The highest BCUT2D eigenvalue weighted by Gasteiger charge is 2.34. The zero-order valence-electron chi connectivity index (χ0n) is 14.8. The molecule has 5 nitrogen and oxygen atoms in total. The smallest absolute Gasteiger partial charge is 0.251 e. The Kier molecular flexibility index (Phi) is 4.52. The van der Waals surface area contributed by atoms with Gasteiger partial charge in [0.25, 0.3) is 5.91 Å². The Bertz CT molecular complexity index is 900. The van der Waals surface area contributed by atoms with Gasteiger partial charge >= 0.3 is 0 Å². The van der Waals surface area contributed by atoms with Crippen molar-refractivity contribution < 1.29 is 4.79 Å². The van der Waals surface area contributed by atoms with Gasteiger partial charge in [0.15, 0.2) is 0 Å². The Morgan fingerprint density at radius 1 is 1.23 bits per heavy atom. The number of aryl methyl sites for hydroxylation is 1. The van der Waals surface area contributed by atoms with E-state index < -0.39 is 0 Å². The molecule has 1 aliphatic rings. The normalized spacial score (nSPS) is 14.8. The molecule has 26 heavy (non-hydrogen) atoms. The van der Waals surface area contributed by atoms with Crippen LogP contribution in [0.2, 0.25) is 0 Å². The zero-order valence-corrected chi connectivity index (χ0v) is 14.8. The summed E-state index contributed by atoms with van der Waals surface area (Å²) in [5.74, 6) is 0.438. The summed E-state index contributed by atoms with van der Waals surface area (Å²) in [4.78, 5) is 17.5. The number of pyridine rings is 1. The first-order valence-electron chi connectivity index (χ1n) is 9.00. The first kappa shape index (κ1) is 16.5. The summed E-state index contributed by atoms with van der Waals surface area (Å²) in [5, 5.41) is 7.42. The highest BCUT2D eigenvalue weighted by molar-refractivity contribution is 5.94. The van der Waals surface area contributed by atoms with Crippen LogP contribution in [0, 0.1) is 12.8 Å². The molecule has 1 aromatic carbocycles. The minimum absolute atomic E-state index is 0.0165. The SMILES string of the molecule is Cc1cccc([C@H](NC(=O)c2cccc(Cn3cccn3)c2)C2CC2)n1. The summed E-state index contributed by atoms with van der Waals surface area (Å²) in [6, 6.07) is 15.6. The lowest BCUT2D eigenvalue weighted by molar-refractivity contribution is 0.0930. The van der Waals surface area contributed by atoms with Gasteiger partial charge in [-0.15, -0.1) is 0 Å². The fraction of sp³-hybridized carbons (Fsp3) is 0.286. The molecule has 3 aromatic rings. The van der Waals surface area contributed by atoms with E-state index >= 15 is 0 Å². The van der Waals surface area contributed by atoms with Gasteiger partial charge in [0.05, 0.1) is 18.3 Å². The van der Waals surface area contributed by atoms with E-state index in [1.165, 1.54) is 0 Å². The average Bonchev–Trinajstić information content (AvgIpc) is 3.36. The molecule has 1 N–H and O–H groups in total. The van der Waals surface area contributed by atoms with Crippen LogP contribution >= 0.6 is 0 Å². The monoisotopic (exact) mass is 346 g/mol. The summed E-state index contributed by atoms with van der Waals surface area (Å²) in [5.41, 5.74) is 3.66. The maximum Gasteiger partial charge on any atom is 0.251 e. The first-order chi connectivity index (χ1) is 12.7. The van der Waals surface area contributed by atoms with Crippen LogP contribution in [0.1, 0.15) is 46.2 Å². The Hall–Kier alpha value is -2.95. The predicted octanol–water partition coefficient (Wildman–Crippen LogP) is 3.52. The molecular weight excluding hydrogens is 324 g/mol. The number of hydrogen-bond acceptors (Lipinski definition) is 3. The third-order valence-corrected chi connectivity index (χ3v) is 4.70. The summed E-state index contributed by atoms with van der Waals surface area (Å²) in [6.07, 6.45) is 5.95. The maximum absolute atomic E-state index is 12.8. The molecule has 0 bridgehead atoms. The van der Waals surface area contributed by atoms with Crippen LogP contribution in [0.5, 0.6) is 0 Å². The van der Waals surface area contributed by atoms with E-state index in [1.54, 1.807) is 6.20 Å². The van der Waals surface area contributed by atoms with Crippen molar-refractivity contribution in [2.45, 2.75) is 32.4 Å². The molecule has 1 atom stereocenters. The molecule has 0 spiro atoms. The minimum atomic E-state index is -0.0486. The highest BCUT2D eigenvalue weighted by atomic mass is 16.1. The molecule has 132 valence electrons. The van der Waals surface area contributed by atoms with Gasteiger partial charge in [-0.05, 0) is 61.6 Å². The van der Waals surface area contributed by atoms with E-state index in [-0.39, 0.29) is 11.9 Å². The lowest BCUT2D eigenvalue weighted by Gasteiger charge is -2.18. The number of nitrogens with zero attached hydrogens (tertiary/aromatic N) is 3. The van der Waals surface area contributed by atoms with Crippen molar-refractivity contribution in [2.24, 2.45) is 5.92 Å². The fourth-order valence-electron chi connectivity index (χ4n) is 3.22. The number of carbonyl (C=O) groups excluding carboxylic acids is 1. The van der Waals surface area contributed by atoms with E-state index in [2.05, 4.69) is 15.4 Å². The quantitative estimate of drug-likeness (QED) is 0.743. The van der Waals surface area contributed by atoms with Gasteiger partial charge in [-0.3, -0.25) is 14.5 Å². The summed E-state index contributed by atoms with van der Waals surface area (Å²) in [6.45, 7) is 2.63. The van der Waals surface area contributed by atoms with Crippen molar-refractivity contribution in [1.29, 1.82) is 0 Å². The number of carbonyl (C=O) groups is 1. The van der Waals surface area contributed by atoms with Crippen LogP contribution in [0.25, 0.3) is 0 Å². The van der Waals surface area contributed by atoms with Gasteiger partial charge in [0, 0.05) is 23.7 Å². The summed E-state index contributed by atoms with van der Waals surface area (Å²) < 4.78 is 1.85. The predicted molar refractivity (Wildman–Crippen MR) is 99.7 cm³/mol. The number of rotatable bonds is 6. The minimum Gasteiger partial charge on any atom is -0.343 e. The third kappa shape index (κ3) is 3.82. The van der Waals surface area contributed by atoms with Gasteiger partial charge < -0.3 is 5.32 Å². The molecule has 0 unspecified atom stereocenters. The zero-order chi connectivity index (χ0) is 17.9. The topological polar surface area (TPSA) is 59.8 Å². The van der Waals surface area contributed by atoms with Gasteiger partial charge in [0.2, 0.25) is 0 Å². The Labute approximate surface area is 153 Å². The summed E-state index contributed by atoms with van der Waals surface area (Å²) in [7, 11) is 0. The second-order valence-corrected chi connectivity index (χ2v) is 6.90. The molecule has 4 rings (SSSR count). The molecule has 2 heterocycles. The molecule has 5 heteroatoms.